The van der Waals surface area contributed by atoms with Crippen molar-refractivity contribution in [2.75, 3.05) is 13.1 Å². The molecule has 0 aromatic heterocycles. The summed E-state index contributed by atoms with van der Waals surface area (Å²) in [5, 5.41) is 0. The van der Waals surface area contributed by atoms with Crippen molar-refractivity contribution in [3.05, 3.63) is 35.4 Å². The molecule has 1 aliphatic carbocycles. The fraction of sp³-hybridized carbons (Fsp3) is 0.579. The highest BCUT2D eigenvalue weighted by Gasteiger charge is 2.54. The molecule has 25 heavy (non-hydrogen) atoms. The van der Waals surface area contributed by atoms with Crippen molar-refractivity contribution in [2.24, 2.45) is 0 Å². The third kappa shape index (κ3) is 2.71. The van der Waals surface area contributed by atoms with E-state index in [0.717, 1.165) is 38.3 Å². The van der Waals surface area contributed by atoms with Gasteiger partial charge in [-0.3, -0.25) is 9.59 Å². The average Bonchev–Trinajstić information content (AvgIpc) is 3.35. The van der Waals surface area contributed by atoms with Gasteiger partial charge in [0, 0.05) is 24.7 Å². The first-order chi connectivity index (χ1) is 12.0. The number of likely N-dealkylation sites (tertiary alicyclic amines) is 2. The van der Waals surface area contributed by atoms with E-state index in [1.54, 1.807) is 4.90 Å². The van der Waals surface area contributed by atoms with Crippen molar-refractivity contribution in [3.63, 3.8) is 0 Å². The van der Waals surface area contributed by atoms with E-state index in [1.165, 1.54) is 12.1 Å². The molecule has 2 aliphatic heterocycles. The van der Waals surface area contributed by atoms with E-state index in [4.69, 9.17) is 0 Å². The van der Waals surface area contributed by atoms with Gasteiger partial charge >= 0.3 is 0 Å². The van der Waals surface area contributed by atoms with Crippen LogP contribution in [0.4, 0.5) is 8.78 Å². The molecule has 1 spiro atoms. The number of halogens is 2. The molecular formula is C19H22F2N2O2. The second-order valence-electron chi connectivity index (χ2n) is 7.40. The molecule has 4 nitrogen and oxygen atoms in total. The van der Waals surface area contributed by atoms with Gasteiger partial charge in [-0.25, -0.2) is 8.78 Å². The Morgan fingerprint density at radius 2 is 1.88 bits per heavy atom. The summed E-state index contributed by atoms with van der Waals surface area (Å²) in [7, 11) is 0. The minimum atomic E-state index is -0.973. The SMILES string of the molecule is O=C(Cc1cccc(F)c1F)N1CCCC12CCCN(C1CC1)C2=O. The van der Waals surface area contributed by atoms with Gasteiger partial charge in [-0.1, -0.05) is 12.1 Å². The fourth-order valence-corrected chi connectivity index (χ4v) is 4.42. The lowest BCUT2D eigenvalue weighted by Crippen LogP contribution is -2.62. The van der Waals surface area contributed by atoms with Gasteiger partial charge in [0.15, 0.2) is 11.6 Å². The van der Waals surface area contributed by atoms with E-state index in [0.29, 0.717) is 25.4 Å². The van der Waals surface area contributed by atoms with Crippen LogP contribution < -0.4 is 0 Å². The van der Waals surface area contributed by atoms with E-state index in [9.17, 15) is 18.4 Å². The summed E-state index contributed by atoms with van der Waals surface area (Å²) in [5.41, 5.74) is -0.712. The van der Waals surface area contributed by atoms with Crippen LogP contribution in [0.2, 0.25) is 0 Å². The standard InChI is InChI=1S/C19H22F2N2O2/c20-15-5-1-4-13(17(15)21)12-16(24)23-11-3-9-19(23)8-2-10-22(18(19)25)14-6-7-14/h1,4-5,14H,2-3,6-12H2. The third-order valence-electron chi connectivity index (χ3n) is 5.80. The average molecular weight is 348 g/mol. The number of carbonyl (C=O) groups is 2. The molecule has 2 heterocycles. The molecule has 3 fully saturated rings. The van der Waals surface area contributed by atoms with Gasteiger partial charge < -0.3 is 9.80 Å². The van der Waals surface area contributed by atoms with Crippen LogP contribution >= 0.6 is 0 Å². The van der Waals surface area contributed by atoms with Gasteiger partial charge in [-0.15, -0.1) is 0 Å². The number of nitrogens with zero attached hydrogens (tertiary/aromatic N) is 2. The van der Waals surface area contributed by atoms with Crippen LogP contribution in [0.25, 0.3) is 0 Å². The van der Waals surface area contributed by atoms with Crippen molar-refractivity contribution in [2.45, 2.75) is 56.5 Å². The predicted molar refractivity (Wildman–Crippen MR) is 87.7 cm³/mol. The van der Waals surface area contributed by atoms with Gasteiger partial charge in [0.2, 0.25) is 11.8 Å². The lowest BCUT2D eigenvalue weighted by Gasteiger charge is -2.44. The Labute approximate surface area is 145 Å². The molecule has 2 saturated heterocycles. The number of benzene rings is 1. The molecular weight excluding hydrogens is 326 g/mol. The quantitative estimate of drug-likeness (QED) is 0.843. The van der Waals surface area contributed by atoms with E-state index in [1.807, 2.05) is 4.90 Å². The van der Waals surface area contributed by atoms with Crippen LogP contribution in [0.15, 0.2) is 18.2 Å². The smallest absolute Gasteiger partial charge is 0.248 e. The second kappa shape index (κ2) is 6.07. The zero-order valence-corrected chi connectivity index (χ0v) is 14.1. The second-order valence-corrected chi connectivity index (χ2v) is 7.40. The first kappa shape index (κ1) is 16.5. The zero-order chi connectivity index (χ0) is 17.6. The molecule has 1 atom stereocenters. The molecule has 6 heteroatoms. The Morgan fingerprint density at radius 3 is 2.60 bits per heavy atom. The Kier molecular flexibility index (Phi) is 4.01. The fourth-order valence-electron chi connectivity index (χ4n) is 4.42. The molecule has 3 aliphatic rings. The molecule has 1 unspecified atom stereocenters. The first-order valence-corrected chi connectivity index (χ1v) is 9.07. The number of amides is 2. The molecule has 134 valence electrons. The zero-order valence-electron chi connectivity index (χ0n) is 14.1. The molecule has 0 bridgehead atoms. The van der Waals surface area contributed by atoms with E-state index in [-0.39, 0.29) is 23.8 Å². The topological polar surface area (TPSA) is 40.6 Å². The molecule has 1 aromatic rings. The molecule has 4 rings (SSSR count). The van der Waals surface area contributed by atoms with Gasteiger partial charge in [0.25, 0.3) is 0 Å². The Bertz CT molecular complexity index is 719. The number of carbonyl (C=O) groups excluding carboxylic acids is 2. The van der Waals surface area contributed by atoms with E-state index >= 15 is 0 Å². The van der Waals surface area contributed by atoms with Crippen LogP contribution in [0.5, 0.6) is 0 Å². The van der Waals surface area contributed by atoms with Crippen LogP contribution in [0, 0.1) is 11.6 Å². The lowest BCUT2D eigenvalue weighted by molar-refractivity contribution is -0.155. The van der Waals surface area contributed by atoms with Gasteiger partial charge in [-0.2, -0.15) is 0 Å². The highest BCUT2D eigenvalue weighted by molar-refractivity contribution is 5.93. The molecule has 2 amide bonds. The molecule has 0 radical (unpaired) electrons. The largest absolute Gasteiger partial charge is 0.338 e. The van der Waals surface area contributed by atoms with Crippen molar-refractivity contribution >= 4 is 11.8 Å². The number of hydrogen-bond donors (Lipinski definition) is 0. The third-order valence-corrected chi connectivity index (χ3v) is 5.80. The number of rotatable bonds is 3. The van der Waals surface area contributed by atoms with Crippen LogP contribution in [-0.2, 0) is 16.0 Å². The van der Waals surface area contributed by atoms with E-state index < -0.39 is 17.2 Å². The highest BCUT2D eigenvalue weighted by atomic mass is 19.2. The summed E-state index contributed by atoms with van der Waals surface area (Å²) in [6.07, 6.45) is 4.90. The summed E-state index contributed by atoms with van der Waals surface area (Å²) in [4.78, 5) is 29.6. The number of hydrogen-bond acceptors (Lipinski definition) is 2. The highest BCUT2D eigenvalue weighted by Crippen LogP contribution is 2.42. The maximum Gasteiger partial charge on any atom is 0.248 e. The maximum atomic E-state index is 13.9. The maximum absolute atomic E-state index is 13.9. The lowest BCUT2D eigenvalue weighted by atomic mass is 9.85. The summed E-state index contributed by atoms with van der Waals surface area (Å²) < 4.78 is 27.3. The summed E-state index contributed by atoms with van der Waals surface area (Å²) in [6.45, 7) is 1.28. The minimum absolute atomic E-state index is 0.0503. The van der Waals surface area contributed by atoms with Crippen molar-refractivity contribution < 1.29 is 18.4 Å². The van der Waals surface area contributed by atoms with Crippen molar-refractivity contribution in [3.8, 4) is 0 Å². The molecule has 0 N–H and O–H groups in total. The van der Waals surface area contributed by atoms with Crippen LogP contribution in [-0.4, -0.2) is 46.3 Å². The predicted octanol–water partition coefficient (Wildman–Crippen LogP) is 2.65. The van der Waals surface area contributed by atoms with E-state index in [2.05, 4.69) is 0 Å². The summed E-state index contributed by atoms with van der Waals surface area (Å²) >= 11 is 0. The first-order valence-electron chi connectivity index (χ1n) is 9.07. The van der Waals surface area contributed by atoms with Crippen LogP contribution in [0.1, 0.15) is 44.1 Å². The number of piperidine rings is 1. The minimum Gasteiger partial charge on any atom is -0.338 e. The molecule has 1 saturated carbocycles. The van der Waals surface area contributed by atoms with Gasteiger partial charge in [-0.05, 0) is 44.6 Å². The van der Waals surface area contributed by atoms with Crippen LogP contribution in [0.3, 0.4) is 0 Å². The van der Waals surface area contributed by atoms with Gasteiger partial charge in [0.1, 0.15) is 5.54 Å². The Balaban J connectivity index is 1.57. The van der Waals surface area contributed by atoms with Crippen molar-refractivity contribution in [1.29, 1.82) is 0 Å². The van der Waals surface area contributed by atoms with Crippen molar-refractivity contribution in [1.82, 2.24) is 9.80 Å². The Morgan fingerprint density at radius 1 is 1.16 bits per heavy atom. The van der Waals surface area contributed by atoms with Gasteiger partial charge in [0.05, 0.1) is 6.42 Å². The summed E-state index contributed by atoms with van der Waals surface area (Å²) in [6, 6.07) is 4.21. The summed E-state index contributed by atoms with van der Waals surface area (Å²) in [5.74, 6) is -2.14. The Hall–Kier alpha value is -1.98. The molecule has 1 aromatic carbocycles. The normalized spacial score (nSPS) is 26.6. The monoisotopic (exact) mass is 348 g/mol.